The molecule has 0 aromatic carbocycles. The topological polar surface area (TPSA) is 73.9 Å². The van der Waals surface area contributed by atoms with Crippen molar-refractivity contribution in [2.45, 2.75) is 13.0 Å². The van der Waals surface area contributed by atoms with Crippen LogP contribution in [-0.4, -0.2) is 87.7 Å². The van der Waals surface area contributed by atoms with E-state index in [4.69, 9.17) is 4.74 Å². The third kappa shape index (κ3) is 5.85. The van der Waals surface area contributed by atoms with Gasteiger partial charge >= 0.3 is 0 Å². The lowest BCUT2D eigenvalue weighted by atomic mass is 10.3. The van der Waals surface area contributed by atoms with Crippen molar-refractivity contribution in [3.63, 3.8) is 0 Å². The standard InChI is InChI=1S/C13H26N4O3/c1-11(13(19)14-4-9-20-3)15-10-12(18)17-7-5-16(2)6-8-17/h11,15H,4-10H2,1-3H3,(H,14,19). The summed E-state index contributed by atoms with van der Waals surface area (Å²) in [6.45, 7) is 6.23. The first-order chi connectivity index (χ1) is 9.54. The summed E-state index contributed by atoms with van der Waals surface area (Å²) in [6.07, 6.45) is 0. The molecule has 1 aliphatic heterocycles. The number of nitrogens with one attached hydrogen (secondary N) is 2. The molecule has 1 fully saturated rings. The summed E-state index contributed by atoms with van der Waals surface area (Å²) in [5, 5.41) is 5.69. The molecule has 0 aromatic heterocycles. The summed E-state index contributed by atoms with van der Waals surface area (Å²) in [4.78, 5) is 27.7. The van der Waals surface area contributed by atoms with E-state index in [9.17, 15) is 9.59 Å². The molecule has 0 aliphatic carbocycles. The number of carbonyl (C=O) groups is 2. The quantitative estimate of drug-likeness (QED) is 0.557. The maximum absolute atomic E-state index is 12.0. The Morgan fingerprint density at radius 1 is 1.25 bits per heavy atom. The first-order valence-electron chi connectivity index (χ1n) is 7.01. The van der Waals surface area contributed by atoms with E-state index in [0.717, 1.165) is 26.2 Å². The largest absolute Gasteiger partial charge is 0.383 e. The maximum atomic E-state index is 12.0. The van der Waals surface area contributed by atoms with Crippen molar-refractivity contribution in [3.8, 4) is 0 Å². The number of piperazine rings is 1. The van der Waals surface area contributed by atoms with E-state index in [0.29, 0.717) is 13.2 Å². The van der Waals surface area contributed by atoms with Crippen molar-refractivity contribution in [1.82, 2.24) is 20.4 Å². The summed E-state index contributed by atoms with van der Waals surface area (Å²) in [5.41, 5.74) is 0. The number of hydrogen-bond donors (Lipinski definition) is 2. The predicted molar refractivity (Wildman–Crippen MR) is 76.4 cm³/mol. The lowest BCUT2D eigenvalue weighted by Gasteiger charge is -2.32. The van der Waals surface area contributed by atoms with Gasteiger partial charge < -0.3 is 19.9 Å². The number of carbonyl (C=O) groups excluding carboxylic acids is 2. The lowest BCUT2D eigenvalue weighted by Crippen LogP contribution is -2.51. The average molecular weight is 286 g/mol. The number of rotatable bonds is 7. The van der Waals surface area contributed by atoms with Crippen LogP contribution in [0.4, 0.5) is 0 Å². The minimum Gasteiger partial charge on any atom is -0.383 e. The predicted octanol–water partition coefficient (Wildman–Crippen LogP) is -1.50. The normalized spacial score (nSPS) is 17.9. The molecule has 0 spiro atoms. The molecule has 1 atom stereocenters. The molecule has 1 rings (SSSR count). The molecule has 2 amide bonds. The van der Waals surface area contributed by atoms with Crippen molar-refractivity contribution in [1.29, 1.82) is 0 Å². The Hall–Kier alpha value is -1.18. The van der Waals surface area contributed by atoms with Crippen LogP contribution in [0.25, 0.3) is 0 Å². The average Bonchev–Trinajstić information content (AvgIpc) is 2.45. The van der Waals surface area contributed by atoms with E-state index in [2.05, 4.69) is 15.5 Å². The van der Waals surface area contributed by atoms with Gasteiger partial charge in [0.05, 0.1) is 19.2 Å². The van der Waals surface area contributed by atoms with Gasteiger partial charge in [-0.15, -0.1) is 0 Å². The molecule has 1 saturated heterocycles. The molecule has 0 radical (unpaired) electrons. The second-order valence-electron chi connectivity index (χ2n) is 5.07. The Labute approximate surface area is 120 Å². The van der Waals surface area contributed by atoms with Gasteiger partial charge in [0.25, 0.3) is 0 Å². The van der Waals surface area contributed by atoms with Crippen LogP contribution in [-0.2, 0) is 14.3 Å². The summed E-state index contributed by atoms with van der Waals surface area (Å²) >= 11 is 0. The SMILES string of the molecule is COCCNC(=O)C(C)NCC(=O)N1CCN(C)CC1. The van der Waals surface area contributed by atoms with Gasteiger partial charge in [0.1, 0.15) is 0 Å². The van der Waals surface area contributed by atoms with Crippen LogP contribution in [0.15, 0.2) is 0 Å². The van der Waals surface area contributed by atoms with Crippen molar-refractivity contribution in [2.75, 3.05) is 60.0 Å². The monoisotopic (exact) mass is 286 g/mol. The molecule has 7 nitrogen and oxygen atoms in total. The van der Waals surface area contributed by atoms with E-state index in [1.807, 2.05) is 11.9 Å². The first kappa shape index (κ1) is 16.9. The second kappa shape index (κ2) is 8.89. The number of nitrogens with zero attached hydrogens (tertiary/aromatic N) is 2. The zero-order valence-corrected chi connectivity index (χ0v) is 12.6. The zero-order chi connectivity index (χ0) is 15.0. The number of likely N-dealkylation sites (N-methyl/N-ethyl adjacent to an activating group) is 1. The minimum atomic E-state index is -0.386. The van der Waals surface area contributed by atoms with Crippen molar-refractivity contribution in [2.24, 2.45) is 0 Å². The Morgan fingerprint density at radius 3 is 2.50 bits per heavy atom. The third-order valence-electron chi connectivity index (χ3n) is 3.41. The van der Waals surface area contributed by atoms with Gasteiger partial charge in [0, 0.05) is 39.8 Å². The van der Waals surface area contributed by atoms with Crippen molar-refractivity contribution < 1.29 is 14.3 Å². The molecular weight excluding hydrogens is 260 g/mol. The molecule has 0 aromatic rings. The lowest BCUT2D eigenvalue weighted by molar-refractivity contribution is -0.132. The molecule has 0 saturated carbocycles. The van der Waals surface area contributed by atoms with E-state index in [1.165, 1.54) is 0 Å². The van der Waals surface area contributed by atoms with Gasteiger partial charge in [-0.2, -0.15) is 0 Å². The molecule has 20 heavy (non-hydrogen) atoms. The molecule has 7 heteroatoms. The van der Waals surface area contributed by atoms with Crippen LogP contribution >= 0.6 is 0 Å². The van der Waals surface area contributed by atoms with Crippen LogP contribution in [0.5, 0.6) is 0 Å². The smallest absolute Gasteiger partial charge is 0.236 e. The molecule has 1 aliphatic rings. The number of ether oxygens (including phenoxy) is 1. The van der Waals surface area contributed by atoms with Gasteiger partial charge in [-0.25, -0.2) is 0 Å². The highest BCUT2D eigenvalue weighted by atomic mass is 16.5. The maximum Gasteiger partial charge on any atom is 0.236 e. The minimum absolute atomic E-state index is 0.0506. The zero-order valence-electron chi connectivity index (χ0n) is 12.6. The number of amides is 2. The van der Waals surface area contributed by atoms with Crippen LogP contribution in [0, 0.1) is 0 Å². The Morgan fingerprint density at radius 2 is 1.90 bits per heavy atom. The van der Waals surface area contributed by atoms with Gasteiger partial charge in [-0.1, -0.05) is 0 Å². The molecule has 1 heterocycles. The van der Waals surface area contributed by atoms with Crippen LogP contribution in [0.3, 0.4) is 0 Å². The molecule has 2 N–H and O–H groups in total. The fraction of sp³-hybridized carbons (Fsp3) is 0.846. The highest BCUT2D eigenvalue weighted by Crippen LogP contribution is 1.99. The Balaban J connectivity index is 2.21. The summed E-state index contributed by atoms with van der Waals surface area (Å²) in [7, 11) is 3.63. The van der Waals surface area contributed by atoms with Crippen LogP contribution in [0.2, 0.25) is 0 Å². The van der Waals surface area contributed by atoms with Crippen LogP contribution < -0.4 is 10.6 Å². The molecule has 0 bridgehead atoms. The fourth-order valence-electron chi connectivity index (χ4n) is 1.93. The summed E-state index contributed by atoms with van der Waals surface area (Å²) < 4.78 is 4.86. The fourth-order valence-corrected chi connectivity index (χ4v) is 1.93. The Kier molecular flexibility index (Phi) is 7.50. The summed E-state index contributed by atoms with van der Waals surface area (Å²) in [6, 6.07) is -0.386. The summed E-state index contributed by atoms with van der Waals surface area (Å²) in [5.74, 6) is -0.0668. The first-order valence-corrected chi connectivity index (χ1v) is 7.01. The van der Waals surface area contributed by atoms with E-state index >= 15 is 0 Å². The second-order valence-corrected chi connectivity index (χ2v) is 5.07. The van der Waals surface area contributed by atoms with Crippen LogP contribution in [0.1, 0.15) is 6.92 Å². The highest BCUT2D eigenvalue weighted by Gasteiger charge is 2.20. The Bertz CT molecular complexity index is 317. The van der Waals surface area contributed by atoms with E-state index < -0.39 is 0 Å². The van der Waals surface area contributed by atoms with E-state index in [-0.39, 0.29) is 24.4 Å². The van der Waals surface area contributed by atoms with Gasteiger partial charge in [0.15, 0.2) is 0 Å². The van der Waals surface area contributed by atoms with E-state index in [1.54, 1.807) is 14.0 Å². The third-order valence-corrected chi connectivity index (χ3v) is 3.41. The van der Waals surface area contributed by atoms with Crippen molar-refractivity contribution >= 4 is 11.8 Å². The van der Waals surface area contributed by atoms with Gasteiger partial charge in [-0.05, 0) is 14.0 Å². The highest BCUT2D eigenvalue weighted by molar-refractivity contribution is 5.83. The molecular formula is C13H26N4O3. The number of methoxy groups -OCH3 is 1. The van der Waals surface area contributed by atoms with Gasteiger partial charge in [0.2, 0.25) is 11.8 Å². The van der Waals surface area contributed by atoms with Gasteiger partial charge in [-0.3, -0.25) is 14.9 Å². The molecule has 1 unspecified atom stereocenters. The number of hydrogen-bond acceptors (Lipinski definition) is 5. The molecule has 116 valence electrons. The van der Waals surface area contributed by atoms with Crippen molar-refractivity contribution in [3.05, 3.63) is 0 Å².